The van der Waals surface area contributed by atoms with Crippen LogP contribution in [0.5, 0.6) is 5.75 Å². The maximum Gasteiger partial charge on any atom is 0.309 e. The molecule has 0 aliphatic heterocycles. The van der Waals surface area contributed by atoms with Gasteiger partial charge < -0.3 is 15.7 Å². The van der Waals surface area contributed by atoms with Crippen LogP contribution in [-0.4, -0.2) is 39.0 Å². The summed E-state index contributed by atoms with van der Waals surface area (Å²) in [6.07, 6.45) is 4.54. The Kier molecular flexibility index (Phi) is 5.69. The second-order valence-electron chi connectivity index (χ2n) is 7.05. The minimum absolute atomic E-state index is 0.0885. The third kappa shape index (κ3) is 5.03. The van der Waals surface area contributed by atoms with Gasteiger partial charge in [0.2, 0.25) is 0 Å². The molecule has 3 N–H and O–H groups in total. The number of hydrogen-bond donors (Lipinski definition) is 3. The van der Waals surface area contributed by atoms with Gasteiger partial charge in [-0.1, -0.05) is 12.1 Å². The average Bonchev–Trinajstić information content (AvgIpc) is 2.63. The summed E-state index contributed by atoms with van der Waals surface area (Å²) in [6, 6.07) is 6.50. The van der Waals surface area contributed by atoms with E-state index in [1.54, 1.807) is 30.5 Å². The summed E-state index contributed by atoms with van der Waals surface area (Å²) in [6.45, 7) is 3.70. The number of carbonyl (C=O) groups excluding carboxylic acids is 2. The van der Waals surface area contributed by atoms with Crippen molar-refractivity contribution < 1.29 is 14.7 Å². The molecule has 142 valence electrons. The van der Waals surface area contributed by atoms with E-state index in [4.69, 9.17) is 0 Å². The lowest BCUT2D eigenvalue weighted by Crippen LogP contribution is -2.48. The molecule has 0 bridgehead atoms. The third-order valence-corrected chi connectivity index (χ3v) is 4.67. The molecule has 1 aromatic heterocycles. The van der Waals surface area contributed by atoms with Gasteiger partial charge in [0, 0.05) is 24.0 Å². The minimum Gasteiger partial charge on any atom is -0.508 e. The number of nitrogens with one attached hydrogen (secondary N) is 2. The normalized spacial score (nSPS) is 16.9. The van der Waals surface area contributed by atoms with Crippen molar-refractivity contribution in [2.24, 2.45) is 0 Å². The molecule has 7 nitrogen and oxygen atoms in total. The van der Waals surface area contributed by atoms with E-state index in [0.717, 1.165) is 35.5 Å². The number of nitrogens with zero attached hydrogens (tertiary/aromatic N) is 2. The highest BCUT2D eigenvalue weighted by molar-refractivity contribution is 6.35. The molecule has 3 rings (SSSR count). The molecule has 0 fully saturated rings. The number of aryl methyl sites for hydroxylation is 2. The predicted molar refractivity (Wildman–Crippen MR) is 100 cm³/mol. The summed E-state index contributed by atoms with van der Waals surface area (Å²) >= 11 is 0. The molecule has 1 aromatic carbocycles. The average molecular weight is 368 g/mol. The zero-order valence-corrected chi connectivity index (χ0v) is 15.5. The van der Waals surface area contributed by atoms with E-state index in [2.05, 4.69) is 20.6 Å². The van der Waals surface area contributed by atoms with Gasteiger partial charge in [-0.3, -0.25) is 9.59 Å². The lowest BCUT2D eigenvalue weighted by atomic mass is 9.93. The summed E-state index contributed by atoms with van der Waals surface area (Å²) in [5, 5.41) is 14.8. The van der Waals surface area contributed by atoms with E-state index in [0.29, 0.717) is 12.8 Å². The van der Waals surface area contributed by atoms with Gasteiger partial charge in [0.05, 0.1) is 0 Å². The van der Waals surface area contributed by atoms with Crippen molar-refractivity contribution in [1.82, 2.24) is 20.6 Å². The van der Waals surface area contributed by atoms with Crippen LogP contribution in [0.1, 0.15) is 36.0 Å². The number of amides is 2. The molecule has 0 spiro atoms. The molecule has 1 aliphatic rings. The maximum atomic E-state index is 12.2. The summed E-state index contributed by atoms with van der Waals surface area (Å²) in [4.78, 5) is 33.0. The van der Waals surface area contributed by atoms with Crippen LogP contribution in [0.3, 0.4) is 0 Å². The second-order valence-corrected chi connectivity index (χ2v) is 7.05. The lowest BCUT2D eigenvalue weighted by Gasteiger charge is -2.24. The van der Waals surface area contributed by atoms with Crippen LogP contribution in [-0.2, 0) is 28.9 Å². The van der Waals surface area contributed by atoms with E-state index in [1.165, 1.54) is 0 Å². The lowest BCUT2D eigenvalue weighted by molar-refractivity contribution is -0.140. The van der Waals surface area contributed by atoms with E-state index >= 15 is 0 Å². The summed E-state index contributed by atoms with van der Waals surface area (Å²) < 4.78 is 0. The molecule has 1 aliphatic carbocycles. The smallest absolute Gasteiger partial charge is 0.309 e. The Morgan fingerprint density at radius 1 is 1.26 bits per heavy atom. The van der Waals surface area contributed by atoms with E-state index < -0.39 is 11.8 Å². The van der Waals surface area contributed by atoms with Crippen LogP contribution in [0.2, 0.25) is 0 Å². The highest BCUT2D eigenvalue weighted by Gasteiger charge is 2.24. The van der Waals surface area contributed by atoms with Gasteiger partial charge in [0.25, 0.3) is 0 Å². The van der Waals surface area contributed by atoms with E-state index in [-0.39, 0.29) is 17.8 Å². The van der Waals surface area contributed by atoms with Crippen LogP contribution in [0.4, 0.5) is 0 Å². The molecule has 2 unspecified atom stereocenters. The number of hydrogen-bond acceptors (Lipinski definition) is 5. The largest absolute Gasteiger partial charge is 0.508 e. The van der Waals surface area contributed by atoms with Gasteiger partial charge in [-0.25, -0.2) is 9.97 Å². The van der Waals surface area contributed by atoms with Crippen LogP contribution >= 0.6 is 0 Å². The monoisotopic (exact) mass is 368 g/mol. The fraction of sp³-hybridized carbons (Fsp3) is 0.400. The third-order valence-electron chi connectivity index (χ3n) is 4.67. The standard InChI is InChI=1S/C20H24N4O3/c1-12(9-14-3-6-17(25)7-4-14)22-19(26)20(27)24-16-5-8-18-15(10-16)11-21-13(2)23-18/h3-4,6-7,11-12,16,25H,5,8-10H2,1-2H3,(H,22,26)(H,24,27). The Hall–Kier alpha value is -2.96. The number of aromatic hydroxyl groups is 1. The fourth-order valence-electron chi connectivity index (χ4n) is 3.31. The van der Waals surface area contributed by atoms with Crippen molar-refractivity contribution in [2.75, 3.05) is 0 Å². The van der Waals surface area contributed by atoms with Gasteiger partial charge in [0.15, 0.2) is 0 Å². The van der Waals surface area contributed by atoms with Crippen molar-refractivity contribution in [3.8, 4) is 5.75 Å². The molecular formula is C20H24N4O3. The van der Waals surface area contributed by atoms with Crippen molar-refractivity contribution in [3.63, 3.8) is 0 Å². The van der Waals surface area contributed by atoms with Crippen LogP contribution < -0.4 is 10.6 Å². The highest BCUT2D eigenvalue weighted by Crippen LogP contribution is 2.19. The first-order valence-electron chi connectivity index (χ1n) is 9.11. The van der Waals surface area contributed by atoms with Gasteiger partial charge in [0.1, 0.15) is 11.6 Å². The van der Waals surface area contributed by atoms with E-state index in [1.807, 2.05) is 13.8 Å². The van der Waals surface area contributed by atoms with Gasteiger partial charge >= 0.3 is 11.8 Å². The SMILES string of the molecule is Cc1ncc2c(n1)CCC(NC(=O)C(=O)NC(C)Cc1ccc(O)cc1)C2. The van der Waals surface area contributed by atoms with Crippen molar-refractivity contribution in [3.05, 3.63) is 53.1 Å². The predicted octanol–water partition coefficient (Wildman–Crippen LogP) is 1.21. The zero-order chi connectivity index (χ0) is 19.4. The second kappa shape index (κ2) is 8.16. The Morgan fingerprint density at radius 3 is 2.74 bits per heavy atom. The van der Waals surface area contributed by atoms with Crippen LogP contribution in [0.15, 0.2) is 30.5 Å². The Labute approximate surface area is 158 Å². The number of benzene rings is 1. The van der Waals surface area contributed by atoms with Crippen molar-refractivity contribution in [1.29, 1.82) is 0 Å². The molecule has 2 amide bonds. The molecule has 27 heavy (non-hydrogen) atoms. The highest BCUT2D eigenvalue weighted by atomic mass is 16.3. The number of phenolic OH excluding ortho intramolecular Hbond substituents is 1. The number of rotatable bonds is 4. The van der Waals surface area contributed by atoms with Crippen molar-refractivity contribution >= 4 is 11.8 Å². The first kappa shape index (κ1) is 18.8. The molecule has 0 radical (unpaired) electrons. The number of aromatic nitrogens is 2. The molecule has 0 saturated carbocycles. The van der Waals surface area contributed by atoms with Crippen LogP contribution in [0.25, 0.3) is 0 Å². The fourth-order valence-corrected chi connectivity index (χ4v) is 3.31. The summed E-state index contributed by atoms with van der Waals surface area (Å²) in [5.41, 5.74) is 3.03. The zero-order valence-electron chi connectivity index (χ0n) is 15.5. The quantitative estimate of drug-likeness (QED) is 0.704. The molecule has 2 aromatic rings. The topological polar surface area (TPSA) is 104 Å². The Balaban J connectivity index is 1.49. The molecule has 2 atom stereocenters. The number of fused-ring (bicyclic) bond motifs is 1. The van der Waals surface area contributed by atoms with E-state index in [9.17, 15) is 14.7 Å². The van der Waals surface area contributed by atoms with Gasteiger partial charge in [-0.15, -0.1) is 0 Å². The molecule has 7 heteroatoms. The summed E-state index contributed by atoms with van der Waals surface area (Å²) in [5.74, 6) is -0.302. The Bertz CT molecular complexity index is 836. The first-order valence-corrected chi connectivity index (χ1v) is 9.11. The molecular weight excluding hydrogens is 344 g/mol. The first-order chi connectivity index (χ1) is 12.9. The van der Waals surface area contributed by atoms with Gasteiger partial charge in [-0.05, 0) is 62.8 Å². The molecule has 0 saturated heterocycles. The Morgan fingerprint density at radius 2 is 2.00 bits per heavy atom. The number of phenols is 1. The molecule has 1 heterocycles. The maximum absolute atomic E-state index is 12.2. The van der Waals surface area contributed by atoms with Crippen LogP contribution in [0, 0.1) is 6.92 Å². The minimum atomic E-state index is -0.632. The van der Waals surface area contributed by atoms with Crippen molar-refractivity contribution in [2.45, 2.75) is 51.6 Å². The van der Waals surface area contributed by atoms with Gasteiger partial charge in [-0.2, -0.15) is 0 Å². The summed E-state index contributed by atoms with van der Waals surface area (Å²) in [7, 11) is 0. The number of carbonyl (C=O) groups is 2.